The van der Waals surface area contributed by atoms with Crippen LogP contribution >= 0.6 is 11.8 Å². The second-order valence-corrected chi connectivity index (χ2v) is 7.88. The van der Waals surface area contributed by atoms with Gasteiger partial charge in [0.25, 0.3) is 0 Å². The summed E-state index contributed by atoms with van der Waals surface area (Å²) in [6.45, 7) is 11.2. The van der Waals surface area contributed by atoms with Crippen LogP contribution in [0.3, 0.4) is 0 Å². The maximum absolute atomic E-state index is 10.7. The normalized spacial score (nSPS) is 31.6. The Kier molecular flexibility index (Phi) is 3.83. The van der Waals surface area contributed by atoms with E-state index in [0.29, 0.717) is 5.41 Å². The lowest BCUT2D eigenvalue weighted by atomic mass is 9.69. The van der Waals surface area contributed by atoms with Gasteiger partial charge >= 0.3 is 0 Å². The lowest BCUT2D eigenvalue weighted by Crippen LogP contribution is -2.50. The molecule has 0 spiro atoms. The Hall–Kier alpha value is 0.310. The van der Waals surface area contributed by atoms with Crippen molar-refractivity contribution in [1.29, 1.82) is 0 Å². The molecule has 0 saturated carbocycles. The topological polar surface area (TPSA) is 20.2 Å². The summed E-state index contributed by atoms with van der Waals surface area (Å²) >= 11 is 1.90. The molecule has 1 heterocycles. The molecule has 1 saturated heterocycles. The summed E-state index contributed by atoms with van der Waals surface area (Å²) in [5, 5.41) is 10.7. The second-order valence-electron chi connectivity index (χ2n) is 6.78. The van der Waals surface area contributed by atoms with Crippen molar-refractivity contribution in [3.05, 3.63) is 0 Å². The molecule has 0 radical (unpaired) electrons. The van der Waals surface area contributed by atoms with E-state index in [-0.39, 0.29) is 5.41 Å². The summed E-state index contributed by atoms with van der Waals surface area (Å²) in [7, 11) is 0. The molecule has 0 aromatic carbocycles. The Labute approximate surface area is 99.0 Å². The van der Waals surface area contributed by atoms with Crippen molar-refractivity contribution in [2.75, 3.05) is 11.5 Å². The molecule has 1 fully saturated rings. The molecule has 1 aliphatic rings. The molecule has 1 nitrogen and oxygen atoms in total. The fraction of sp³-hybridized carbons (Fsp3) is 1.00. The van der Waals surface area contributed by atoms with Crippen LogP contribution in [0.1, 0.15) is 53.9 Å². The standard InChI is InChI=1S/C13H26OS/c1-11(2,3)6-7-13(14)10-15-9-8-12(13,4)5/h14H,6-10H2,1-5H3. The average molecular weight is 230 g/mol. The SMILES string of the molecule is CC(C)(C)CCC1(O)CSCCC1(C)C. The van der Waals surface area contributed by atoms with Crippen molar-refractivity contribution >= 4 is 11.8 Å². The molecule has 0 aromatic heterocycles. The Bertz CT molecular complexity index is 217. The van der Waals surface area contributed by atoms with Crippen LogP contribution < -0.4 is 0 Å². The highest BCUT2D eigenvalue weighted by molar-refractivity contribution is 7.99. The zero-order chi connectivity index (χ0) is 11.7. The predicted molar refractivity (Wildman–Crippen MR) is 69.4 cm³/mol. The molecule has 0 aromatic rings. The van der Waals surface area contributed by atoms with Crippen LogP contribution in [0.5, 0.6) is 0 Å². The maximum Gasteiger partial charge on any atom is 0.0788 e. The monoisotopic (exact) mass is 230 g/mol. The predicted octanol–water partition coefficient (Wildman–Crippen LogP) is 3.71. The third kappa shape index (κ3) is 3.39. The summed E-state index contributed by atoms with van der Waals surface area (Å²) in [5.41, 5.74) is -0.0411. The van der Waals surface area contributed by atoms with Gasteiger partial charge in [0.1, 0.15) is 0 Å². The van der Waals surface area contributed by atoms with Crippen LogP contribution in [0.25, 0.3) is 0 Å². The van der Waals surface area contributed by atoms with Gasteiger partial charge in [-0.05, 0) is 35.8 Å². The minimum absolute atomic E-state index is 0.0868. The Morgan fingerprint density at radius 1 is 1.27 bits per heavy atom. The Balaban J connectivity index is 2.63. The first-order valence-electron chi connectivity index (χ1n) is 5.97. The quantitative estimate of drug-likeness (QED) is 0.780. The van der Waals surface area contributed by atoms with Crippen LogP contribution in [0.15, 0.2) is 0 Å². The van der Waals surface area contributed by atoms with Gasteiger partial charge in [-0.25, -0.2) is 0 Å². The highest BCUT2D eigenvalue weighted by Crippen LogP contribution is 2.45. The van der Waals surface area contributed by atoms with E-state index >= 15 is 0 Å². The van der Waals surface area contributed by atoms with E-state index < -0.39 is 5.60 Å². The van der Waals surface area contributed by atoms with Gasteiger partial charge in [0.15, 0.2) is 0 Å². The average Bonchev–Trinajstić information content (AvgIpc) is 2.06. The number of hydrogen-bond donors (Lipinski definition) is 1. The molecule has 15 heavy (non-hydrogen) atoms. The van der Waals surface area contributed by atoms with Gasteiger partial charge in [-0.15, -0.1) is 0 Å². The van der Waals surface area contributed by atoms with Crippen LogP contribution in [-0.4, -0.2) is 22.2 Å². The number of aliphatic hydroxyl groups is 1. The lowest BCUT2D eigenvalue weighted by Gasteiger charge is -2.47. The van der Waals surface area contributed by atoms with Crippen molar-refractivity contribution in [1.82, 2.24) is 0 Å². The lowest BCUT2D eigenvalue weighted by molar-refractivity contribution is -0.0645. The van der Waals surface area contributed by atoms with Crippen molar-refractivity contribution in [3.8, 4) is 0 Å². The van der Waals surface area contributed by atoms with Gasteiger partial charge < -0.3 is 5.11 Å². The van der Waals surface area contributed by atoms with Crippen molar-refractivity contribution in [3.63, 3.8) is 0 Å². The first-order valence-corrected chi connectivity index (χ1v) is 7.12. The van der Waals surface area contributed by atoms with Gasteiger partial charge in [0.2, 0.25) is 0 Å². The van der Waals surface area contributed by atoms with Crippen molar-refractivity contribution < 1.29 is 5.11 Å². The third-order valence-corrected chi connectivity index (χ3v) is 4.94. The Morgan fingerprint density at radius 2 is 1.87 bits per heavy atom. The van der Waals surface area contributed by atoms with Crippen LogP contribution in [0.4, 0.5) is 0 Å². The molecule has 1 atom stereocenters. The fourth-order valence-electron chi connectivity index (χ4n) is 1.99. The van der Waals surface area contributed by atoms with E-state index in [2.05, 4.69) is 34.6 Å². The smallest absolute Gasteiger partial charge is 0.0788 e. The highest BCUT2D eigenvalue weighted by Gasteiger charge is 2.45. The highest BCUT2D eigenvalue weighted by atomic mass is 32.2. The third-order valence-electron chi connectivity index (χ3n) is 3.76. The van der Waals surface area contributed by atoms with Crippen LogP contribution in [0, 0.1) is 10.8 Å². The number of rotatable bonds is 2. The molecule has 0 aliphatic carbocycles. The molecule has 0 amide bonds. The van der Waals surface area contributed by atoms with E-state index in [1.807, 2.05) is 11.8 Å². The van der Waals surface area contributed by atoms with E-state index in [1.165, 1.54) is 5.75 Å². The first kappa shape index (κ1) is 13.4. The molecular weight excluding hydrogens is 204 g/mol. The zero-order valence-electron chi connectivity index (χ0n) is 10.9. The van der Waals surface area contributed by atoms with Crippen molar-refractivity contribution in [2.24, 2.45) is 10.8 Å². The van der Waals surface area contributed by atoms with Gasteiger partial charge in [-0.1, -0.05) is 34.6 Å². The number of thioether (sulfide) groups is 1. The van der Waals surface area contributed by atoms with E-state index in [4.69, 9.17) is 0 Å². The van der Waals surface area contributed by atoms with Gasteiger partial charge in [0.05, 0.1) is 5.60 Å². The number of hydrogen-bond acceptors (Lipinski definition) is 2. The fourth-order valence-corrected chi connectivity index (χ4v) is 3.66. The van der Waals surface area contributed by atoms with E-state index in [1.54, 1.807) is 0 Å². The summed E-state index contributed by atoms with van der Waals surface area (Å²) in [4.78, 5) is 0. The molecule has 1 unspecified atom stereocenters. The second kappa shape index (κ2) is 4.29. The summed E-state index contributed by atoms with van der Waals surface area (Å²) < 4.78 is 0. The maximum atomic E-state index is 10.7. The molecule has 90 valence electrons. The minimum Gasteiger partial charge on any atom is -0.388 e. The molecule has 0 bridgehead atoms. The molecular formula is C13H26OS. The van der Waals surface area contributed by atoms with Crippen LogP contribution in [-0.2, 0) is 0 Å². The van der Waals surface area contributed by atoms with E-state index in [9.17, 15) is 5.11 Å². The molecule has 2 heteroatoms. The summed E-state index contributed by atoms with van der Waals surface area (Å²) in [6.07, 6.45) is 3.18. The first-order chi connectivity index (χ1) is 6.66. The van der Waals surface area contributed by atoms with Gasteiger partial charge in [0, 0.05) is 5.75 Å². The van der Waals surface area contributed by atoms with Gasteiger partial charge in [-0.2, -0.15) is 11.8 Å². The summed E-state index contributed by atoms with van der Waals surface area (Å²) in [6, 6.07) is 0. The zero-order valence-corrected chi connectivity index (χ0v) is 11.7. The van der Waals surface area contributed by atoms with Crippen molar-refractivity contribution in [2.45, 2.75) is 59.5 Å². The molecule has 1 rings (SSSR count). The largest absolute Gasteiger partial charge is 0.388 e. The Morgan fingerprint density at radius 3 is 2.33 bits per heavy atom. The molecule has 1 aliphatic heterocycles. The van der Waals surface area contributed by atoms with Gasteiger partial charge in [-0.3, -0.25) is 0 Å². The molecule has 1 N–H and O–H groups in total. The van der Waals surface area contributed by atoms with Crippen LogP contribution in [0.2, 0.25) is 0 Å². The summed E-state index contributed by atoms with van der Waals surface area (Å²) in [5.74, 6) is 2.11. The minimum atomic E-state index is -0.455. The van der Waals surface area contributed by atoms with E-state index in [0.717, 1.165) is 25.0 Å².